The van der Waals surface area contributed by atoms with Crippen molar-refractivity contribution >= 4 is 17.1 Å². The predicted molar refractivity (Wildman–Crippen MR) is 107 cm³/mol. The summed E-state index contributed by atoms with van der Waals surface area (Å²) in [7, 11) is 0. The van der Waals surface area contributed by atoms with Gasteiger partial charge in [-0.2, -0.15) is 0 Å². The maximum atomic E-state index is 12.4. The lowest BCUT2D eigenvalue weighted by atomic mass is 10.2. The smallest absolute Gasteiger partial charge is 0.327 e. The number of imidazole rings is 1. The predicted octanol–water partition coefficient (Wildman–Crippen LogP) is 2.86. The normalized spacial score (nSPS) is 11.1. The number of carbonyl (C=O) groups excluding carboxylic acids is 1. The third kappa shape index (κ3) is 4.05. The number of aryl methyl sites for hydroxylation is 1. The quantitative estimate of drug-likeness (QED) is 0.551. The van der Waals surface area contributed by atoms with Crippen LogP contribution in [0, 0.1) is 0 Å². The molecule has 0 aliphatic rings. The number of H-pyrrole nitrogens is 1. The van der Waals surface area contributed by atoms with Crippen molar-refractivity contribution in [2.75, 3.05) is 6.61 Å². The Bertz CT molecular complexity index is 1020. The van der Waals surface area contributed by atoms with Crippen molar-refractivity contribution in [3.05, 3.63) is 40.4 Å². The standard InChI is InChI=1S/C20H25N5O3/c1-3-5-6-7-12-25-19-16(23-20(25)27)15(17(21)26)22-18(24-19)13-8-10-14(11-9-13)28-4-2/h8-11H,3-7,12H2,1-2H3,(H2,21,26)(H,23,27). The summed E-state index contributed by atoms with van der Waals surface area (Å²) < 4.78 is 7.00. The molecule has 8 heteroatoms. The molecular formula is C20H25N5O3. The van der Waals surface area contributed by atoms with E-state index in [0.29, 0.717) is 30.2 Å². The van der Waals surface area contributed by atoms with Crippen molar-refractivity contribution in [2.24, 2.45) is 5.73 Å². The van der Waals surface area contributed by atoms with Crippen LogP contribution in [0.1, 0.15) is 50.0 Å². The zero-order valence-corrected chi connectivity index (χ0v) is 16.2. The summed E-state index contributed by atoms with van der Waals surface area (Å²) in [5, 5.41) is 0. The molecule has 1 aromatic carbocycles. The fourth-order valence-corrected chi connectivity index (χ4v) is 3.11. The minimum absolute atomic E-state index is 0.0123. The highest BCUT2D eigenvalue weighted by atomic mass is 16.5. The SMILES string of the molecule is CCCCCCn1c(=O)[nH]c2c(C(N)=O)nc(-c3ccc(OCC)cc3)nc21. The Kier molecular flexibility index (Phi) is 6.08. The Morgan fingerprint density at radius 1 is 1.14 bits per heavy atom. The van der Waals surface area contributed by atoms with E-state index in [2.05, 4.69) is 21.9 Å². The lowest BCUT2D eigenvalue weighted by Crippen LogP contribution is -2.17. The number of aromatic amines is 1. The number of carbonyl (C=O) groups is 1. The number of nitrogens with one attached hydrogen (secondary N) is 1. The van der Waals surface area contributed by atoms with Crippen molar-refractivity contribution in [1.29, 1.82) is 0 Å². The third-order valence-electron chi connectivity index (χ3n) is 4.51. The average Bonchev–Trinajstić information content (AvgIpc) is 3.00. The number of fused-ring (bicyclic) bond motifs is 1. The minimum Gasteiger partial charge on any atom is -0.494 e. The number of benzene rings is 1. The highest BCUT2D eigenvalue weighted by Gasteiger charge is 2.19. The Hall–Kier alpha value is -3.16. The van der Waals surface area contributed by atoms with Crippen LogP contribution in [0.2, 0.25) is 0 Å². The van der Waals surface area contributed by atoms with E-state index < -0.39 is 5.91 Å². The Morgan fingerprint density at radius 3 is 2.54 bits per heavy atom. The first kappa shape index (κ1) is 19.6. The molecule has 0 radical (unpaired) electrons. The molecule has 0 fully saturated rings. The maximum Gasteiger partial charge on any atom is 0.327 e. The first-order valence-electron chi connectivity index (χ1n) is 9.58. The van der Waals surface area contributed by atoms with Crippen LogP contribution >= 0.6 is 0 Å². The van der Waals surface area contributed by atoms with E-state index in [1.807, 2.05) is 31.2 Å². The first-order valence-corrected chi connectivity index (χ1v) is 9.58. The van der Waals surface area contributed by atoms with E-state index in [1.165, 1.54) is 0 Å². The molecule has 0 atom stereocenters. The van der Waals surface area contributed by atoms with E-state index in [9.17, 15) is 9.59 Å². The summed E-state index contributed by atoms with van der Waals surface area (Å²) in [6, 6.07) is 7.25. The third-order valence-corrected chi connectivity index (χ3v) is 4.51. The summed E-state index contributed by atoms with van der Waals surface area (Å²) in [6.07, 6.45) is 4.10. The van der Waals surface area contributed by atoms with Crippen LogP contribution in [-0.4, -0.2) is 32.0 Å². The van der Waals surface area contributed by atoms with Crippen LogP contribution in [0.15, 0.2) is 29.1 Å². The summed E-state index contributed by atoms with van der Waals surface area (Å²) in [4.78, 5) is 35.9. The molecule has 0 spiro atoms. The van der Waals surface area contributed by atoms with Crippen molar-refractivity contribution in [3.63, 3.8) is 0 Å². The Balaban J connectivity index is 2.06. The number of hydrogen-bond donors (Lipinski definition) is 2. The van der Waals surface area contributed by atoms with Gasteiger partial charge in [-0.1, -0.05) is 26.2 Å². The molecule has 0 bridgehead atoms. The first-order chi connectivity index (χ1) is 13.5. The van der Waals surface area contributed by atoms with E-state index in [4.69, 9.17) is 10.5 Å². The number of unbranched alkanes of at least 4 members (excludes halogenated alkanes) is 3. The van der Waals surface area contributed by atoms with E-state index >= 15 is 0 Å². The van der Waals surface area contributed by atoms with Crippen LogP contribution in [0.25, 0.3) is 22.6 Å². The van der Waals surface area contributed by atoms with Crippen molar-refractivity contribution in [2.45, 2.75) is 46.1 Å². The molecule has 0 aliphatic carbocycles. The molecular weight excluding hydrogens is 358 g/mol. The fourth-order valence-electron chi connectivity index (χ4n) is 3.11. The van der Waals surface area contributed by atoms with Crippen molar-refractivity contribution in [1.82, 2.24) is 19.5 Å². The molecule has 1 amide bonds. The van der Waals surface area contributed by atoms with Crippen molar-refractivity contribution < 1.29 is 9.53 Å². The lowest BCUT2D eigenvalue weighted by Gasteiger charge is -2.07. The number of rotatable bonds is 9. The molecule has 3 rings (SSSR count). The monoisotopic (exact) mass is 383 g/mol. The summed E-state index contributed by atoms with van der Waals surface area (Å²) in [5.41, 5.74) is 6.59. The van der Waals surface area contributed by atoms with Crippen LogP contribution in [0.5, 0.6) is 5.75 Å². The molecule has 2 aromatic heterocycles. The maximum absolute atomic E-state index is 12.4. The summed E-state index contributed by atoms with van der Waals surface area (Å²) in [6.45, 7) is 5.14. The van der Waals surface area contributed by atoms with Gasteiger partial charge in [0.25, 0.3) is 5.91 Å². The molecule has 2 heterocycles. The number of aromatic nitrogens is 4. The Labute approximate surface area is 162 Å². The Morgan fingerprint density at radius 2 is 1.89 bits per heavy atom. The van der Waals surface area contributed by atoms with Gasteiger partial charge in [0.05, 0.1) is 6.61 Å². The van der Waals surface area contributed by atoms with Gasteiger partial charge in [0, 0.05) is 12.1 Å². The average molecular weight is 383 g/mol. The van der Waals surface area contributed by atoms with E-state index in [1.54, 1.807) is 4.57 Å². The second kappa shape index (κ2) is 8.69. The molecule has 8 nitrogen and oxygen atoms in total. The molecule has 0 saturated heterocycles. The number of primary amides is 1. The number of hydrogen-bond acceptors (Lipinski definition) is 5. The lowest BCUT2D eigenvalue weighted by molar-refractivity contribution is 0.0997. The topological polar surface area (TPSA) is 116 Å². The van der Waals surface area contributed by atoms with Gasteiger partial charge in [0.1, 0.15) is 11.3 Å². The molecule has 3 N–H and O–H groups in total. The van der Waals surface area contributed by atoms with Crippen LogP contribution in [0.3, 0.4) is 0 Å². The summed E-state index contributed by atoms with van der Waals surface area (Å²) in [5.74, 6) is 0.363. The molecule has 148 valence electrons. The van der Waals surface area contributed by atoms with Crippen LogP contribution in [-0.2, 0) is 6.54 Å². The second-order valence-electron chi connectivity index (χ2n) is 6.56. The molecule has 0 saturated carbocycles. The number of amides is 1. The molecule has 28 heavy (non-hydrogen) atoms. The van der Waals surface area contributed by atoms with Gasteiger partial charge in [-0.3, -0.25) is 9.36 Å². The van der Waals surface area contributed by atoms with Gasteiger partial charge >= 0.3 is 5.69 Å². The molecule has 0 unspecified atom stereocenters. The van der Waals surface area contributed by atoms with Gasteiger partial charge < -0.3 is 15.5 Å². The van der Waals surface area contributed by atoms with Crippen LogP contribution in [0.4, 0.5) is 0 Å². The highest BCUT2D eigenvalue weighted by Crippen LogP contribution is 2.23. The minimum atomic E-state index is -0.709. The van der Waals surface area contributed by atoms with Crippen molar-refractivity contribution in [3.8, 4) is 17.1 Å². The molecule has 3 aromatic rings. The summed E-state index contributed by atoms with van der Waals surface area (Å²) >= 11 is 0. The van der Waals surface area contributed by atoms with E-state index in [0.717, 1.165) is 31.4 Å². The zero-order chi connectivity index (χ0) is 20.1. The second-order valence-corrected chi connectivity index (χ2v) is 6.56. The van der Waals surface area contributed by atoms with Crippen LogP contribution < -0.4 is 16.2 Å². The fraction of sp³-hybridized carbons (Fsp3) is 0.400. The van der Waals surface area contributed by atoms with Gasteiger partial charge in [0.15, 0.2) is 17.2 Å². The van der Waals surface area contributed by atoms with Gasteiger partial charge in [-0.05, 0) is 37.6 Å². The van der Waals surface area contributed by atoms with Gasteiger partial charge in [0.2, 0.25) is 0 Å². The van der Waals surface area contributed by atoms with Gasteiger partial charge in [-0.15, -0.1) is 0 Å². The number of nitrogens with zero attached hydrogens (tertiary/aromatic N) is 3. The van der Waals surface area contributed by atoms with E-state index in [-0.39, 0.29) is 16.9 Å². The largest absolute Gasteiger partial charge is 0.494 e. The van der Waals surface area contributed by atoms with Gasteiger partial charge in [-0.25, -0.2) is 14.8 Å². The molecule has 0 aliphatic heterocycles. The zero-order valence-electron chi connectivity index (χ0n) is 16.2. The number of ether oxygens (including phenoxy) is 1. The number of nitrogens with two attached hydrogens (primary N) is 1. The highest BCUT2D eigenvalue weighted by molar-refractivity contribution is 6.01.